The molecule has 2 amide bonds. The van der Waals surface area contributed by atoms with Gasteiger partial charge >= 0.3 is 0 Å². The van der Waals surface area contributed by atoms with Crippen LogP contribution < -0.4 is 15.8 Å². The first-order valence-corrected chi connectivity index (χ1v) is 7.48. The van der Waals surface area contributed by atoms with Crippen molar-refractivity contribution >= 4 is 11.8 Å². The summed E-state index contributed by atoms with van der Waals surface area (Å²) in [6.45, 7) is 0.435. The van der Waals surface area contributed by atoms with E-state index in [1.54, 1.807) is 24.3 Å². The molecule has 0 heterocycles. The Hall–Kier alpha value is -2.82. The van der Waals surface area contributed by atoms with Crippen LogP contribution in [0.1, 0.15) is 24.4 Å². The van der Waals surface area contributed by atoms with E-state index in [9.17, 15) is 9.59 Å². The van der Waals surface area contributed by atoms with E-state index in [1.807, 2.05) is 36.4 Å². The standard InChI is InChI=1S/C18H20N2O3/c19-18(22)17(14-8-3-1-4-9-14)20-16(21)12-7-13-23-15-10-5-2-6-11-15/h1-6,8-11,17H,7,12-13H2,(H2,19,22)(H,20,21)/t17-/m0/s1. The molecule has 0 bridgehead atoms. The smallest absolute Gasteiger partial charge is 0.244 e. The summed E-state index contributed by atoms with van der Waals surface area (Å²) >= 11 is 0. The zero-order valence-electron chi connectivity index (χ0n) is 12.8. The fourth-order valence-electron chi connectivity index (χ4n) is 2.14. The summed E-state index contributed by atoms with van der Waals surface area (Å²) in [7, 11) is 0. The number of hydrogen-bond donors (Lipinski definition) is 2. The van der Waals surface area contributed by atoms with Gasteiger partial charge in [-0.2, -0.15) is 0 Å². The van der Waals surface area contributed by atoms with Gasteiger partial charge in [0, 0.05) is 6.42 Å². The van der Waals surface area contributed by atoms with Gasteiger partial charge in [-0.05, 0) is 24.1 Å². The van der Waals surface area contributed by atoms with Gasteiger partial charge in [-0.1, -0.05) is 48.5 Å². The van der Waals surface area contributed by atoms with Crippen LogP contribution in [-0.2, 0) is 9.59 Å². The van der Waals surface area contributed by atoms with E-state index < -0.39 is 11.9 Å². The molecule has 0 unspecified atom stereocenters. The summed E-state index contributed by atoms with van der Waals surface area (Å²) < 4.78 is 5.52. The maximum Gasteiger partial charge on any atom is 0.244 e. The number of hydrogen-bond acceptors (Lipinski definition) is 3. The highest BCUT2D eigenvalue weighted by Gasteiger charge is 2.19. The molecule has 5 heteroatoms. The number of carbonyl (C=O) groups excluding carboxylic acids is 2. The monoisotopic (exact) mass is 312 g/mol. The van der Waals surface area contributed by atoms with E-state index in [0.29, 0.717) is 18.6 Å². The number of rotatable bonds is 8. The van der Waals surface area contributed by atoms with E-state index in [2.05, 4.69) is 5.32 Å². The van der Waals surface area contributed by atoms with E-state index in [1.165, 1.54) is 0 Å². The molecule has 2 aromatic carbocycles. The van der Waals surface area contributed by atoms with Crippen LogP contribution in [0.15, 0.2) is 60.7 Å². The van der Waals surface area contributed by atoms with Crippen molar-refractivity contribution in [1.82, 2.24) is 5.32 Å². The van der Waals surface area contributed by atoms with Gasteiger partial charge in [-0.25, -0.2) is 0 Å². The first-order chi connectivity index (χ1) is 11.2. The fraction of sp³-hybridized carbons (Fsp3) is 0.222. The van der Waals surface area contributed by atoms with Gasteiger partial charge in [0.1, 0.15) is 11.8 Å². The van der Waals surface area contributed by atoms with Crippen LogP contribution >= 0.6 is 0 Å². The Kier molecular flexibility index (Phi) is 6.17. The molecule has 0 radical (unpaired) electrons. The number of ether oxygens (including phenoxy) is 1. The topological polar surface area (TPSA) is 81.4 Å². The molecule has 0 saturated carbocycles. The van der Waals surface area contributed by atoms with Crippen LogP contribution in [0.4, 0.5) is 0 Å². The number of amides is 2. The number of nitrogens with one attached hydrogen (secondary N) is 1. The third-order valence-electron chi connectivity index (χ3n) is 3.28. The number of primary amides is 1. The van der Waals surface area contributed by atoms with Crippen LogP contribution in [0.3, 0.4) is 0 Å². The van der Waals surface area contributed by atoms with Gasteiger partial charge in [0.25, 0.3) is 0 Å². The molecule has 3 N–H and O–H groups in total. The van der Waals surface area contributed by atoms with Gasteiger partial charge in [0.15, 0.2) is 0 Å². The molecule has 0 aliphatic carbocycles. The molecule has 0 fully saturated rings. The molecule has 0 aliphatic rings. The van der Waals surface area contributed by atoms with E-state index in [4.69, 9.17) is 10.5 Å². The van der Waals surface area contributed by atoms with Crippen LogP contribution in [-0.4, -0.2) is 18.4 Å². The SMILES string of the molecule is NC(=O)[C@@H](NC(=O)CCCOc1ccccc1)c1ccccc1. The molecule has 23 heavy (non-hydrogen) atoms. The maximum absolute atomic E-state index is 12.0. The summed E-state index contributed by atoms with van der Waals surface area (Å²) in [5.41, 5.74) is 6.04. The first-order valence-electron chi connectivity index (χ1n) is 7.48. The Labute approximate surface area is 135 Å². The van der Waals surface area contributed by atoms with Gasteiger partial charge in [-0.3, -0.25) is 9.59 Å². The van der Waals surface area contributed by atoms with Crippen molar-refractivity contribution in [2.24, 2.45) is 5.73 Å². The van der Waals surface area contributed by atoms with Gasteiger partial charge in [0.05, 0.1) is 6.61 Å². The van der Waals surface area contributed by atoms with Crippen molar-refractivity contribution in [2.45, 2.75) is 18.9 Å². The van der Waals surface area contributed by atoms with Crippen LogP contribution in [0, 0.1) is 0 Å². The molecule has 0 saturated heterocycles. The minimum Gasteiger partial charge on any atom is -0.494 e. The molecule has 1 atom stereocenters. The van der Waals surface area contributed by atoms with Gasteiger partial charge < -0.3 is 15.8 Å². The Morgan fingerprint density at radius 3 is 2.22 bits per heavy atom. The molecule has 120 valence electrons. The van der Waals surface area contributed by atoms with Gasteiger partial charge in [0.2, 0.25) is 11.8 Å². The molecule has 2 rings (SSSR count). The number of para-hydroxylation sites is 1. The number of carbonyl (C=O) groups is 2. The molecular weight excluding hydrogens is 292 g/mol. The summed E-state index contributed by atoms with van der Waals surface area (Å²) in [6, 6.07) is 17.5. The Morgan fingerprint density at radius 1 is 1.00 bits per heavy atom. The second-order valence-electron chi connectivity index (χ2n) is 5.08. The first kappa shape index (κ1) is 16.5. The van der Waals surface area contributed by atoms with E-state index in [0.717, 1.165) is 5.75 Å². The van der Waals surface area contributed by atoms with Crippen LogP contribution in [0.5, 0.6) is 5.75 Å². The van der Waals surface area contributed by atoms with Crippen LogP contribution in [0.2, 0.25) is 0 Å². The maximum atomic E-state index is 12.0. The molecule has 0 spiro atoms. The predicted molar refractivity (Wildman–Crippen MR) is 87.7 cm³/mol. The zero-order valence-corrected chi connectivity index (χ0v) is 12.8. The third kappa shape index (κ3) is 5.47. The summed E-state index contributed by atoms with van der Waals surface area (Å²) in [6.07, 6.45) is 0.824. The minimum atomic E-state index is -0.807. The van der Waals surface area contributed by atoms with Crippen molar-refractivity contribution in [1.29, 1.82) is 0 Å². The highest BCUT2D eigenvalue weighted by Crippen LogP contribution is 2.12. The Bertz CT molecular complexity index is 629. The average Bonchev–Trinajstić information content (AvgIpc) is 2.58. The predicted octanol–water partition coefficient (Wildman–Crippen LogP) is 2.19. The number of nitrogens with two attached hydrogens (primary N) is 1. The molecule has 2 aromatic rings. The largest absolute Gasteiger partial charge is 0.494 e. The average molecular weight is 312 g/mol. The van der Waals surface area contributed by atoms with Crippen molar-refractivity contribution in [3.8, 4) is 5.75 Å². The lowest BCUT2D eigenvalue weighted by atomic mass is 10.1. The van der Waals surface area contributed by atoms with E-state index in [-0.39, 0.29) is 12.3 Å². The van der Waals surface area contributed by atoms with Crippen molar-refractivity contribution in [2.75, 3.05) is 6.61 Å². The van der Waals surface area contributed by atoms with Crippen LogP contribution in [0.25, 0.3) is 0 Å². The van der Waals surface area contributed by atoms with E-state index >= 15 is 0 Å². The van der Waals surface area contributed by atoms with Gasteiger partial charge in [-0.15, -0.1) is 0 Å². The quantitative estimate of drug-likeness (QED) is 0.733. The molecule has 5 nitrogen and oxygen atoms in total. The molecular formula is C18H20N2O3. The number of benzene rings is 2. The lowest BCUT2D eigenvalue weighted by Crippen LogP contribution is -2.37. The van der Waals surface area contributed by atoms with Crippen molar-refractivity contribution in [3.05, 3.63) is 66.2 Å². The molecule has 0 aliphatic heterocycles. The summed E-state index contributed by atoms with van der Waals surface area (Å²) in [4.78, 5) is 23.5. The fourth-order valence-corrected chi connectivity index (χ4v) is 2.14. The highest BCUT2D eigenvalue weighted by atomic mass is 16.5. The Morgan fingerprint density at radius 2 is 1.61 bits per heavy atom. The second-order valence-corrected chi connectivity index (χ2v) is 5.08. The molecule has 0 aromatic heterocycles. The lowest BCUT2D eigenvalue weighted by molar-refractivity contribution is -0.127. The normalized spacial score (nSPS) is 11.5. The Balaban J connectivity index is 1.77. The summed E-state index contributed by atoms with van der Waals surface area (Å²) in [5.74, 6) is -0.0355. The minimum absolute atomic E-state index is 0.227. The third-order valence-corrected chi connectivity index (χ3v) is 3.28. The lowest BCUT2D eigenvalue weighted by Gasteiger charge is -2.15. The van der Waals surface area contributed by atoms with Crippen molar-refractivity contribution in [3.63, 3.8) is 0 Å². The summed E-state index contributed by atoms with van der Waals surface area (Å²) in [5, 5.41) is 2.66. The second kappa shape index (κ2) is 8.58. The zero-order chi connectivity index (χ0) is 16.5. The highest BCUT2D eigenvalue weighted by molar-refractivity contribution is 5.87. The van der Waals surface area contributed by atoms with Crippen molar-refractivity contribution < 1.29 is 14.3 Å².